The molecule has 0 saturated carbocycles. The van der Waals surface area contributed by atoms with E-state index in [0.717, 1.165) is 6.07 Å². The zero-order chi connectivity index (χ0) is 16.3. The molecular formula is C14H11FN4O3S. The molecule has 118 valence electrons. The predicted molar refractivity (Wildman–Crippen MR) is 78.8 cm³/mol. The third-order valence-corrected chi connectivity index (χ3v) is 4.04. The van der Waals surface area contributed by atoms with Crippen molar-refractivity contribution in [2.24, 2.45) is 0 Å². The standard InChI is InChI=1S/C14H11FN4O3S/c15-12-3-1-2-11(8-12)9-23(20,21)22-14-6-4-13(5-7-14)19-10-16-17-18-19/h1-8,10H,9H2. The minimum absolute atomic E-state index is 0.151. The molecule has 0 aliphatic carbocycles. The molecule has 0 saturated heterocycles. The molecule has 3 rings (SSSR count). The molecule has 0 unspecified atom stereocenters. The van der Waals surface area contributed by atoms with Gasteiger partial charge in [-0.2, -0.15) is 8.42 Å². The van der Waals surface area contributed by atoms with Crippen molar-refractivity contribution in [1.82, 2.24) is 20.2 Å². The average molecular weight is 334 g/mol. The maximum atomic E-state index is 13.1. The summed E-state index contributed by atoms with van der Waals surface area (Å²) in [5.41, 5.74) is 0.972. The van der Waals surface area contributed by atoms with Gasteiger partial charge >= 0.3 is 10.1 Å². The van der Waals surface area contributed by atoms with E-state index in [4.69, 9.17) is 4.18 Å². The zero-order valence-corrected chi connectivity index (χ0v) is 12.5. The summed E-state index contributed by atoms with van der Waals surface area (Å²) in [5, 5.41) is 10.7. The predicted octanol–water partition coefficient (Wildman–Crippen LogP) is 1.71. The molecule has 0 spiro atoms. The monoisotopic (exact) mass is 334 g/mol. The molecule has 1 heterocycles. The molecule has 0 atom stereocenters. The van der Waals surface area contributed by atoms with Gasteiger partial charge in [-0.25, -0.2) is 9.07 Å². The number of halogens is 1. The second-order valence-electron chi connectivity index (χ2n) is 4.66. The number of tetrazole rings is 1. The van der Waals surface area contributed by atoms with E-state index >= 15 is 0 Å². The van der Waals surface area contributed by atoms with E-state index in [2.05, 4.69) is 15.5 Å². The van der Waals surface area contributed by atoms with Crippen LogP contribution in [0.2, 0.25) is 0 Å². The van der Waals surface area contributed by atoms with Crippen LogP contribution >= 0.6 is 0 Å². The molecule has 7 nitrogen and oxygen atoms in total. The first-order valence-corrected chi connectivity index (χ1v) is 8.10. The lowest BCUT2D eigenvalue weighted by Crippen LogP contribution is -2.12. The number of hydrogen-bond acceptors (Lipinski definition) is 6. The van der Waals surface area contributed by atoms with Crippen LogP contribution in [0.4, 0.5) is 4.39 Å². The lowest BCUT2D eigenvalue weighted by molar-refractivity contribution is 0.485. The van der Waals surface area contributed by atoms with Gasteiger partial charge in [-0.3, -0.25) is 0 Å². The molecule has 1 aromatic heterocycles. The number of nitrogens with zero attached hydrogens (tertiary/aromatic N) is 4. The van der Waals surface area contributed by atoms with Crippen LogP contribution < -0.4 is 4.18 Å². The number of rotatable bonds is 5. The second kappa shape index (κ2) is 6.13. The molecule has 0 radical (unpaired) electrons. The minimum atomic E-state index is -3.88. The normalized spacial score (nSPS) is 11.3. The fourth-order valence-electron chi connectivity index (χ4n) is 1.94. The number of aromatic nitrogens is 4. The summed E-state index contributed by atoms with van der Waals surface area (Å²) < 4.78 is 43.5. The minimum Gasteiger partial charge on any atom is -0.382 e. The van der Waals surface area contributed by atoms with E-state index in [-0.39, 0.29) is 5.75 Å². The first-order valence-electron chi connectivity index (χ1n) is 6.52. The van der Waals surface area contributed by atoms with Gasteiger partial charge in [-0.05, 0) is 52.4 Å². The number of hydrogen-bond donors (Lipinski definition) is 0. The van der Waals surface area contributed by atoms with Crippen molar-refractivity contribution in [3.05, 3.63) is 66.2 Å². The Morgan fingerprint density at radius 1 is 1.13 bits per heavy atom. The summed E-state index contributed by atoms with van der Waals surface area (Å²) in [4.78, 5) is 0. The van der Waals surface area contributed by atoms with E-state index in [0.29, 0.717) is 11.3 Å². The second-order valence-corrected chi connectivity index (χ2v) is 6.23. The van der Waals surface area contributed by atoms with Crippen molar-refractivity contribution in [3.8, 4) is 11.4 Å². The average Bonchev–Trinajstić information content (AvgIpc) is 3.01. The molecule has 2 aromatic carbocycles. The van der Waals surface area contributed by atoms with Crippen LogP contribution in [0.1, 0.15) is 5.56 Å². The molecular weight excluding hydrogens is 323 g/mol. The SMILES string of the molecule is O=S(=O)(Cc1cccc(F)c1)Oc1ccc(-n2cnnn2)cc1. The van der Waals surface area contributed by atoms with Crippen molar-refractivity contribution in [2.45, 2.75) is 5.75 Å². The molecule has 0 amide bonds. The van der Waals surface area contributed by atoms with Gasteiger partial charge in [0.2, 0.25) is 0 Å². The van der Waals surface area contributed by atoms with Crippen LogP contribution in [0.25, 0.3) is 5.69 Å². The Balaban J connectivity index is 1.73. The van der Waals surface area contributed by atoms with Gasteiger partial charge in [0.15, 0.2) is 0 Å². The molecule has 0 bridgehead atoms. The van der Waals surface area contributed by atoms with E-state index < -0.39 is 21.7 Å². The summed E-state index contributed by atoms with van der Waals surface area (Å²) in [6, 6.07) is 11.6. The molecule has 0 N–H and O–H groups in total. The zero-order valence-electron chi connectivity index (χ0n) is 11.7. The fraction of sp³-hybridized carbons (Fsp3) is 0.0714. The Hall–Kier alpha value is -2.81. The highest BCUT2D eigenvalue weighted by Crippen LogP contribution is 2.18. The van der Waals surface area contributed by atoms with Crippen molar-refractivity contribution in [2.75, 3.05) is 0 Å². The summed E-state index contributed by atoms with van der Waals surface area (Å²) in [6.07, 6.45) is 1.41. The lowest BCUT2D eigenvalue weighted by Gasteiger charge is -2.08. The highest BCUT2D eigenvalue weighted by Gasteiger charge is 2.14. The van der Waals surface area contributed by atoms with Crippen molar-refractivity contribution >= 4 is 10.1 Å². The highest BCUT2D eigenvalue weighted by molar-refractivity contribution is 7.86. The smallest absolute Gasteiger partial charge is 0.313 e. The largest absolute Gasteiger partial charge is 0.382 e. The molecule has 0 fully saturated rings. The van der Waals surface area contributed by atoms with Crippen LogP contribution in [0.3, 0.4) is 0 Å². The van der Waals surface area contributed by atoms with E-state index in [9.17, 15) is 12.8 Å². The Morgan fingerprint density at radius 2 is 1.91 bits per heavy atom. The Morgan fingerprint density at radius 3 is 2.57 bits per heavy atom. The topological polar surface area (TPSA) is 87.0 Å². The van der Waals surface area contributed by atoms with E-state index in [1.807, 2.05) is 0 Å². The Kier molecular flexibility index (Phi) is 4.02. The van der Waals surface area contributed by atoms with Gasteiger partial charge in [0.05, 0.1) is 5.69 Å². The van der Waals surface area contributed by atoms with Crippen LogP contribution in [-0.4, -0.2) is 28.6 Å². The van der Waals surface area contributed by atoms with Gasteiger partial charge < -0.3 is 4.18 Å². The maximum Gasteiger partial charge on any atom is 0.313 e. The first-order chi connectivity index (χ1) is 11.0. The van der Waals surface area contributed by atoms with Gasteiger partial charge in [0.25, 0.3) is 0 Å². The van der Waals surface area contributed by atoms with E-state index in [1.165, 1.54) is 41.3 Å². The summed E-state index contributed by atoms with van der Waals surface area (Å²) in [5.74, 6) is -0.763. The Bertz CT molecular complexity index is 896. The third kappa shape index (κ3) is 3.89. The van der Waals surface area contributed by atoms with Gasteiger partial charge in [-0.1, -0.05) is 12.1 Å². The maximum absolute atomic E-state index is 13.1. The molecule has 9 heteroatoms. The quantitative estimate of drug-likeness (QED) is 0.660. The van der Waals surface area contributed by atoms with Gasteiger partial charge in [0, 0.05) is 0 Å². The molecule has 3 aromatic rings. The van der Waals surface area contributed by atoms with Crippen molar-refractivity contribution in [3.63, 3.8) is 0 Å². The van der Waals surface area contributed by atoms with Gasteiger partial charge in [0.1, 0.15) is 23.6 Å². The Labute approximate surface area is 131 Å². The van der Waals surface area contributed by atoms with E-state index in [1.54, 1.807) is 12.1 Å². The van der Waals surface area contributed by atoms with Crippen LogP contribution in [0.5, 0.6) is 5.75 Å². The van der Waals surface area contributed by atoms with Crippen molar-refractivity contribution in [1.29, 1.82) is 0 Å². The first kappa shape index (κ1) is 15.1. The third-order valence-electron chi connectivity index (χ3n) is 2.91. The van der Waals surface area contributed by atoms with Crippen LogP contribution in [-0.2, 0) is 15.9 Å². The summed E-state index contributed by atoms with van der Waals surface area (Å²) >= 11 is 0. The van der Waals surface area contributed by atoms with Crippen molar-refractivity contribution < 1.29 is 17.0 Å². The lowest BCUT2D eigenvalue weighted by atomic mass is 10.2. The van der Waals surface area contributed by atoms with Gasteiger partial charge in [-0.15, -0.1) is 5.10 Å². The van der Waals surface area contributed by atoms with Crippen LogP contribution in [0, 0.1) is 5.82 Å². The summed E-state index contributed by atoms with van der Waals surface area (Å²) in [6.45, 7) is 0. The summed E-state index contributed by atoms with van der Waals surface area (Å²) in [7, 11) is -3.88. The fourth-order valence-corrected chi connectivity index (χ4v) is 2.99. The highest BCUT2D eigenvalue weighted by atomic mass is 32.2. The molecule has 23 heavy (non-hydrogen) atoms. The molecule has 0 aliphatic rings. The molecule has 0 aliphatic heterocycles. The van der Waals surface area contributed by atoms with Crippen LogP contribution in [0.15, 0.2) is 54.9 Å². The number of benzene rings is 2.